The summed E-state index contributed by atoms with van der Waals surface area (Å²) < 4.78 is 14.9. The summed E-state index contributed by atoms with van der Waals surface area (Å²) >= 11 is 9.67. The molecule has 4 aromatic rings. The summed E-state index contributed by atoms with van der Waals surface area (Å²) in [7, 11) is 1.60. The van der Waals surface area contributed by atoms with Gasteiger partial charge in [-0.15, -0.1) is 0 Å². The lowest BCUT2D eigenvalue weighted by atomic mass is 10.1. The summed E-state index contributed by atoms with van der Waals surface area (Å²) in [4.78, 5) is 43.5. The van der Waals surface area contributed by atoms with Crippen molar-refractivity contribution in [3.05, 3.63) is 109 Å². The van der Waals surface area contributed by atoms with E-state index in [1.165, 1.54) is 4.57 Å². The van der Waals surface area contributed by atoms with Crippen molar-refractivity contribution >= 4 is 39.3 Å². The molecule has 1 N–H and O–H groups in total. The highest BCUT2D eigenvalue weighted by Crippen LogP contribution is 2.30. The van der Waals surface area contributed by atoms with E-state index < -0.39 is 5.91 Å². The molecule has 1 saturated carbocycles. The minimum absolute atomic E-state index is 0.0679. The van der Waals surface area contributed by atoms with Crippen LogP contribution in [0.5, 0.6) is 11.5 Å². The maximum Gasteiger partial charge on any atom is 0.333 e. The van der Waals surface area contributed by atoms with Crippen molar-refractivity contribution in [2.75, 3.05) is 7.11 Å². The third-order valence-corrected chi connectivity index (χ3v) is 9.30. The van der Waals surface area contributed by atoms with Crippen LogP contribution >= 0.6 is 27.5 Å². The highest BCUT2D eigenvalue weighted by atomic mass is 79.9. The van der Waals surface area contributed by atoms with Gasteiger partial charge in [-0.05, 0) is 103 Å². The molecule has 228 valence electrons. The standard InChI is InChI=1S/C33H32BrClN4O5/c1-19-17-38-29(18-37(19)32(41)22-6-15-27(34)28(35)16-22)30(31(40)36-20(2)21-4-9-24(43-3)10-5-21)39(33(38)42)23-7-11-25(12-8-23)44-26-13-14-26/h4-12,15-16,19-20,26H,13-14,17-18H2,1-3H3,(H,36,40)/t19-,20+/m0/s1. The molecular formula is C33H32BrClN4O5. The molecule has 1 aliphatic heterocycles. The molecule has 9 nitrogen and oxygen atoms in total. The van der Waals surface area contributed by atoms with Gasteiger partial charge in [0.2, 0.25) is 0 Å². The number of rotatable bonds is 8. The second kappa shape index (κ2) is 12.2. The highest BCUT2D eigenvalue weighted by Gasteiger charge is 2.36. The van der Waals surface area contributed by atoms with Crippen LogP contribution in [0.2, 0.25) is 5.02 Å². The van der Waals surface area contributed by atoms with Gasteiger partial charge in [0, 0.05) is 22.6 Å². The van der Waals surface area contributed by atoms with Crippen molar-refractivity contribution < 1.29 is 19.1 Å². The number of fused-ring (bicyclic) bond motifs is 1. The van der Waals surface area contributed by atoms with E-state index in [1.54, 1.807) is 46.9 Å². The zero-order valence-corrected chi connectivity index (χ0v) is 26.9. The maximum atomic E-state index is 14.1. The van der Waals surface area contributed by atoms with Crippen LogP contribution in [-0.2, 0) is 13.1 Å². The number of halogens is 2. The van der Waals surface area contributed by atoms with Crippen molar-refractivity contribution in [1.29, 1.82) is 0 Å². The third-order valence-electron chi connectivity index (χ3n) is 8.07. The van der Waals surface area contributed by atoms with Crippen molar-refractivity contribution in [3.8, 4) is 17.2 Å². The molecule has 0 radical (unpaired) electrons. The van der Waals surface area contributed by atoms with Gasteiger partial charge in [-0.1, -0.05) is 23.7 Å². The van der Waals surface area contributed by atoms with Gasteiger partial charge in [0.05, 0.1) is 42.2 Å². The van der Waals surface area contributed by atoms with Crippen LogP contribution in [0.15, 0.2) is 76.0 Å². The molecule has 1 fully saturated rings. The Balaban J connectivity index is 1.39. The minimum Gasteiger partial charge on any atom is -0.497 e. The predicted molar refractivity (Wildman–Crippen MR) is 171 cm³/mol. The summed E-state index contributed by atoms with van der Waals surface area (Å²) in [6.07, 6.45) is 2.30. The van der Waals surface area contributed by atoms with Crippen LogP contribution in [-0.4, -0.2) is 45.1 Å². The van der Waals surface area contributed by atoms with Crippen LogP contribution in [0.1, 0.15) is 64.8 Å². The van der Waals surface area contributed by atoms with Gasteiger partial charge < -0.3 is 19.7 Å². The molecule has 2 aliphatic rings. The molecule has 0 unspecified atom stereocenters. The number of ether oxygens (including phenoxy) is 2. The largest absolute Gasteiger partial charge is 0.497 e. The average Bonchev–Trinajstić information content (AvgIpc) is 3.80. The maximum absolute atomic E-state index is 14.1. The second-order valence-corrected chi connectivity index (χ2v) is 12.5. The van der Waals surface area contributed by atoms with E-state index in [1.807, 2.05) is 50.2 Å². The van der Waals surface area contributed by atoms with Crippen LogP contribution in [0.25, 0.3) is 5.69 Å². The topological polar surface area (TPSA) is 94.8 Å². The SMILES string of the molecule is COc1ccc([C@@H](C)NC(=O)c2c3n(c(=O)n2-c2ccc(OC4CC4)cc2)C[C@H](C)N(C(=O)c2ccc(Br)c(Cl)c2)C3)cc1. The third kappa shape index (κ3) is 5.88. The van der Waals surface area contributed by atoms with Crippen molar-refractivity contribution in [2.45, 2.75) is 58.0 Å². The van der Waals surface area contributed by atoms with Gasteiger partial charge >= 0.3 is 5.69 Å². The summed E-state index contributed by atoms with van der Waals surface area (Å²) in [6, 6.07) is 19.0. The Kier molecular flexibility index (Phi) is 8.30. The molecule has 1 aliphatic carbocycles. The summed E-state index contributed by atoms with van der Waals surface area (Å²) in [5, 5.41) is 3.49. The lowest BCUT2D eigenvalue weighted by Crippen LogP contribution is -2.47. The molecule has 0 spiro atoms. The van der Waals surface area contributed by atoms with Gasteiger partial charge in [-0.25, -0.2) is 4.79 Å². The molecule has 44 heavy (non-hydrogen) atoms. The lowest BCUT2D eigenvalue weighted by Gasteiger charge is -2.34. The van der Waals surface area contributed by atoms with E-state index in [0.29, 0.717) is 37.9 Å². The molecule has 1 aromatic heterocycles. The van der Waals surface area contributed by atoms with Crippen molar-refractivity contribution in [1.82, 2.24) is 19.4 Å². The van der Waals surface area contributed by atoms with E-state index in [-0.39, 0.29) is 48.6 Å². The number of nitrogens with zero attached hydrogens (tertiary/aromatic N) is 3. The van der Waals surface area contributed by atoms with Gasteiger partial charge in [0.1, 0.15) is 17.2 Å². The Morgan fingerprint density at radius 3 is 2.34 bits per heavy atom. The Morgan fingerprint density at radius 1 is 1.02 bits per heavy atom. The number of methoxy groups -OCH3 is 1. The Morgan fingerprint density at radius 2 is 1.70 bits per heavy atom. The van der Waals surface area contributed by atoms with Crippen molar-refractivity contribution in [3.63, 3.8) is 0 Å². The fourth-order valence-electron chi connectivity index (χ4n) is 5.45. The number of aromatic nitrogens is 2. The molecule has 2 heterocycles. The van der Waals surface area contributed by atoms with Crippen LogP contribution in [0, 0.1) is 0 Å². The number of amides is 2. The Hall–Kier alpha value is -4.02. The zero-order chi connectivity index (χ0) is 31.1. The van der Waals surface area contributed by atoms with Gasteiger partial charge in [0.25, 0.3) is 11.8 Å². The van der Waals surface area contributed by atoms with E-state index in [9.17, 15) is 14.4 Å². The first-order valence-corrected chi connectivity index (χ1v) is 15.6. The summed E-state index contributed by atoms with van der Waals surface area (Å²) in [5.41, 5.74) is 2.13. The number of benzene rings is 3. The first-order chi connectivity index (χ1) is 21.1. The predicted octanol–water partition coefficient (Wildman–Crippen LogP) is 6.14. The normalized spacial score (nSPS) is 16.7. The average molecular weight is 680 g/mol. The van der Waals surface area contributed by atoms with Crippen LogP contribution in [0.3, 0.4) is 0 Å². The lowest BCUT2D eigenvalue weighted by molar-refractivity contribution is 0.0610. The quantitative estimate of drug-likeness (QED) is 0.242. The number of carbonyl (C=O) groups excluding carboxylic acids is 2. The summed E-state index contributed by atoms with van der Waals surface area (Å²) in [6.45, 7) is 4.07. The highest BCUT2D eigenvalue weighted by molar-refractivity contribution is 9.10. The number of hydrogen-bond acceptors (Lipinski definition) is 5. The Bertz CT molecular complexity index is 1780. The molecule has 3 aromatic carbocycles. The Labute approximate surface area is 268 Å². The van der Waals surface area contributed by atoms with Gasteiger partial charge in [-0.2, -0.15) is 0 Å². The number of nitrogens with one attached hydrogen (secondary N) is 1. The fourth-order valence-corrected chi connectivity index (χ4v) is 5.88. The number of carbonyl (C=O) groups is 2. The van der Waals surface area contributed by atoms with E-state index in [4.69, 9.17) is 21.1 Å². The second-order valence-electron chi connectivity index (χ2n) is 11.2. The smallest absolute Gasteiger partial charge is 0.333 e. The molecule has 0 saturated heterocycles. The molecule has 2 amide bonds. The van der Waals surface area contributed by atoms with Crippen LogP contribution in [0.4, 0.5) is 0 Å². The van der Waals surface area contributed by atoms with Gasteiger partial charge in [0.15, 0.2) is 0 Å². The molecule has 11 heteroatoms. The molecule has 0 bridgehead atoms. The molecule has 6 rings (SSSR count). The zero-order valence-electron chi connectivity index (χ0n) is 24.6. The first-order valence-electron chi connectivity index (χ1n) is 14.5. The molecule has 2 atom stereocenters. The van der Waals surface area contributed by atoms with Gasteiger partial charge in [-0.3, -0.25) is 18.7 Å². The van der Waals surface area contributed by atoms with Crippen molar-refractivity contribution in [2.24, 2.45) is 0 Å². The minimum atomic E-state index is -0.425. The van der Waals surface area contributed by atoms with E-state index in [2.05, 4.69) is 21.2 Å². The first kappa shape index (κ1) is 30.0. The number of imidazole rings is 1. The van der Waals surface area contributed by atoms with Crippen LogP contribution < -0.4 is 20.5 Å². The fraction of sp³-hybridized carbons (Fsp3) is 0.303. The monoisotopic (exact) mass is 678 g/mol. The molecular weight excluding hydrogens is 648 g/mol. The van der Waals surface area contributed by atoms with E-state index in [0.717, 1.165) is 18.4 Å². The number of hydrogen-bond donors (Lipinski definition) is 1. The van der Waals surface area contributed by atoms with E-state index >= 15 is 0 Å². The summed E-state index contributed by atoms with van der Waals surface area (Å²) in [5.74, 6) is 0.762.